The number of alkyl halides is 1. The zero-order valence-corrected chi connectivity index (χ0v) is 19.7. The van der Waals surface area contributed by atoms with Crippen LogP contribution in [0.2, 0.25) is 0 Å². The van der Waals surface area contributed by atoms with Crippen LogP contribution in [0.25, 0.3) is 5.57 Å². The van der Waals surface area contributed by atoms with Crippen LogP contribution in [0.3, 0.4) is 0 Å². The lowest BCUT2D eigenvalue weighted by Gasteiger charge is -2.30. The highest BCUT2D eigenvalue weighted by Gasteiger charge is 2.37. The summed E-state index contributed by atoms with van der Waals surface area (Å²) < 4.78 is 0.856. The van der Waals surface area contributed by atoms with E-state index < -0.39 is 0 Å². The molecule has 2 heterocycles. The number of halogens is 1. The molecule has 2 aromatic rings. The van der Waals surface area contributed by atoms with E-state index in [0.717, 1.165) is 16.0 Å². The number of nitrogens with zero attached hydrogens (tertiary/aromatic N) is 2. The second-order valence-corrected chi connectivity index (χ2v) is 10.1. The third-order valence-corrected chi connectivity index (χ3v) is 7.45. The van der Waals surface area contributed by atoms with E-state index in [0.29, 0.717) is 5.41 Å². The van der Waals surface area contributed by atoms with E-state index in [9.17, 15) is 0 Å². The Labute approximate surface area is 184 Å². The third kappa shape index (κ3) is 5.03. The Morgan fingerprint density at radius 1 is 1.29 bits per heavy atom. The molecule has 0 bridgehead atoms. The maximum absolute atomic E-state index is 4.63. The first-order chi connectivity index (χ1) is 13.6. The van der Waals surface area contributed by atoms with E-state index in [4.69, 9.17) is 0 Å². The van der Waals surface area contributed by atoms with E-state index in [2.05, 4.69) is 71.5 Å². The highest BCUT2D eigenvalue weighted by atomic mass is 127. The molecular weight excluding hydrogens is 455 g/mol. The molecule has 0 aliphatic heterocycles. The van der Waals surface area contributed by atoms with Gasteiger partial charge in [-0.2, -0.15) is 0 Å². The van der Waals surface area contributed by atoms with E-state index in [1.807, 2.05) is 24.7 Å². The fourth-order valence-corrected chi connectivity index (χ4v) is 6.09. The molecule has 0 saturated heterocycles. The van der Waals surface area contributed by atoms with E-state index in [1.165, 1.54) is 67.2 Å². The van der Waals surface area contributed by atoms with Gasteiger partial charge in [0.25, 0.3) is 0 Å². The topological polar surface area (TPSA) is 25.8 Å². The summed E-state index contributed by atoms with van der Waals surface area (Å²) in [5.74, 6) is 0. The number of aromatic nitrogens is 2. The lowest BCUT2D eigenvalue weighted by molar-refractivity contribution is 0.242. The smallest absolute Gasteiger partial charge is 0.0453 e. The van der Waals surface area contributed by atoms with E-state index in [-0.39, 0.29) is 0 Å². The lowest BCUT2D eigenvalue weighted by Crippen LogP contribution is -2.19. The largest absolute Gasteiger partial charge is 0.264 e. The number of pyridine rings is 2. The SMILES string of the molecule is C/C=C(/c1cccnc1)c1c(CCC2(CCCC)CC[C@@H](I)C2)ccnc1C. The zero-order valence-electron chi connectivity index (χ0n) is 17.5. The predicted octanol–water partition coefficient (Wildman–Crippen LogP) is 7.33. The van der Waals surface area contributed by atoms with Crippen molar-refractivity contribution in [3.63, 3.8) is 0 Å². The first kappa shape index (κ1) is 21.5. The van der Waals surface area contributed by atoms with Gasteiger partial charge in [-0.15, -0.1) is 0 Å². The summed E-state index contributed by atoms with van der Waals surface area (Å²) in [6.07, 6.45) is 18.7. The molecule has 2 atom stereocenters. The van der Waals surface area contributed by atoms with Crippen molar-refractivity contribution in [2.75, 3.05) is 0 Å². The molecule has 1 fully saturated rings. The van der Waals surface area contributed by atoms with Gasteiger partial charge in [-0.25, -0.2) is 0 Å². The Balaban J connectivity index is 1.88. The van der Waals surface area contributed by atoms with Crippen LogP contribution in [0.4, 0.5) is 0 Å². The highest BCUT2D eigenvalue weighted by molar-refractivity contribution is 14.1. The highest BCUT2D eigenvalue weighted by Crippen LogP contribution is 2.48. The molecule has 150 valence electrons. The van der Waals surface area contributed by atoms with Crippen molar-refractivity contribution >= 4 is 28.2 Å². The maximum Gasteiger partial charge on any atom is 0.0453 e. The third-order valence-electron chi connectivity index (χ3n) is 6.39. The van der Waals surface area contributed by atoms with Crippen LogP contribution >= 0.6 is 22.6 Å². The molecule has 0 radical (unpaired) electrons. The van der Waals surface area contributed by atoms with Crippen molar-refractivity contribution in [1.82, 2.24) is 9.97 Å². The summed E-state index contributed by atoms with van der Waals surface area (Å²) >= 11 is 2.67. The standard InChI is InChI=1S/C25H33IN2/c1-4-6-12-25(14-10-22(26)17-25)13-9-20-11-16-28-19(3)24(20)23(5-2)21-8-7-15-27-18-21/h5,7-8,11,15-16,18,22H,4,6,9-10,12-14,17H2,1-3H3/b23-5-/t22-,25?/m1/s1. The maximum atomic E-state index is 4.63. The van der Waals surface area contributed by atoms with Crippen molar-refractivity contribution in [3.05, 3.63) is 65.2 Å². The number of unbranched alkanes of at least 4 members (excludes halogenated alkanes) is 1. The fraction of sp³-hybridized carbons (Fsp3) is 0.520. The van der Waals surface area contributed by atoms with Crippen LogP contribution in [0.5, 0.6) is 0 Å². The van der Waals surface area contributed by atoms with Gasteiger partial charge in [0, 0.05) is 39.3 Å². The second-order valence-electron chi connectivity index (χ2n) is 8.32. The van der Waals surface area contributed by atoms with Gasteiger partial charge in [-0.05, 0) is 81.1 Å². The average Bonchev–Trinajstić information content (AvgIpc) is 3.09. The fourth-order valence-electron chi connectivity index (χ4n) is 4.84. The van der Waals surface area contributed by atoms with Crippen molar-refractivity contribution in [3.8, 4) is 0 Å². The molecule has 1 saturated carbocycles. The molecular formula is C25H33IN2. The van der Waals surface area contributed by atoms with Crippen LogP contribution in [0, 0.1) is 12.3 Å². The van der Waals surface area contributed by atoms with Gasteiger partial charge in [0.2, 0.25) is 0 Å². The molecule has 0 amide bonds. The van der Waals surface area contributed by atoms with Crippen molar-refractivity contribution in [2.45, 2.75) is 76.1 Å². The van der Waals surface area contributed by atoms with Crippen LogP contribution in [0.15, 0.2) is 42.9 Å². The Hall–Kier alpha value is -1.23. The summed E-state index contributed by atoms with van der Waals surface area (Å²) in [7, 11) is 0. The van der Waals surface area contributed by atoms with Crippen LogP contribution in [0.1, 0.15) is 81.2 Å². The number of aryl methyl sites for hydroxylation is 2. The Morgan fingerprint density at radius 3 is 2.79 bits per heavy atom. The molecule has 2 nitrogen and oxygen atoms in total. The summed E-state index contributed by atoms with van der Waals surface area (Å²) in [6, 6.07) is 6.41. The van der Waals surface area contributed by atoms with E-state index >= 15 is 0 Å². The van der Waals surface area contributed by atoms with Crippen LogP contribution < -0.4 is 0 Å². The minimum Gasteiger partial charge on any atom is -0.264 e. The molecule has 3 heteroatoms. The summed E-state index contributed by atoms with van der Waals surface area (Å²) in [6.45, 7) is 6.58. The van der Waals surface area contributed by atoms with Gasteiger partial charge in [-0.1, -0.05) is 54.5 Å². The zero-order chi connectivity index (χ0) is 20.0. The predicted molar refractivity (Wildman–Crippen MR) is 128 cm³/mol. The van der Waals surface area contributed by atoms with Crippen LogP contribution in [-0.4, -0.2) is 13.9 Å². The number of hydrogen-bond acceptors (Lipinski definition) is 2. The molecule has 0 spiro atoms. The van der Waals surface area contributed by atoms with Crippen LogP contribution in [-0.2, 0) is 6.42 Å². The van der Waals surface area contributed by atoms with E-state index in [1.54, 1.807) is 0 Å². The van der Waals surface area contributed by atoms with Crippen molar-refractivity contribution in [1.29, 1.82) is 0 Å². The Morgan fingerprint density at radius 2 is 2.14 bits per heavy atom. The molecule has 0 aromatic carbocycles. The first-order valence-corrected chi connectivity index (χ1v) is 12.0. The number of rotatable bonds is 8. The van der Waals surface area contributed by atoms with Gasteiger partial charge in [0.1, 0.15) is 0 Å². The molecule has 1 aliphatic carbocycles. The summed E-state index contributed by atoms with van der Waals surface area (Å²) in [5.41, 5.74) is 6.85. The normalized spacial score (nSPS) is 22.6. The minimum absolute atomic E-state index is 0.542. The van der Waals surface area contributed by atoms with Gasteiger partial charge < -0.3 is 0 Å². The first-order valence-electron chi connectivity index (χ1n) is 10.7. The molecule has 2 aromatic heterocycles. The molecule has 1 unspecified atom stereocenters. The molecule has 3 rings (SSSR count). The number of allylic oxidation sites excluding steroid dienone is 1. The second kappa shape index (κ2) is 10.00. The average molecular weight is 488 g/mol. The van der Waals surface area contributed by atoms with Gasteiger partial charge >= 0.3 is 0 Å². The summed E-state index contributed by atoms with van der Waals surface area (Å²) in [4.78, 5) is 8.97. The molecule has 28 heavy (non-hydrogen) atoms. The quantitative estimate of drug-likeness (QED) is 0.287. The van der Waals surface area contributed by atoms with Crippen molar-refractivity contribution < 1.29 is 0 Å². The lowest BCUT2D eigenvalue weighted by atomic mass is 9.76. The Kier molecular flexibility index (Phi) is 7.67. The van der Waals surface area contributed by atoms with Gasteiger partial charge in [0.05, 0.1) is 0 Å². The monoisotopic (exact) mass is 488 g/mol. The summed E-state index contributed by atoms with van der Waals surface area (Å²) in [5, 5.41) is 0. The van der Waals surface area contributed by atoms with Crippen molar-refractivity contribution in [2.24, 2.45) is 5.41 Å². The minimum atomic E-state index is 0.542. The Bertz CT molecular complexity index is 799. The number of hydrogen-bond donors (Lipinski definition) is 0. The van der Waals surface area contributed by atoms with Gasteiger partial charge in [0.15, 0.2) is 0 Å². The molecule has 1 aliphatic rings. The van der Waals surface area contributed by atoms with Gasteiger partial charge in [-0.3, -0.25) is 9.97 Å². The molecule has 0 N–H and O–H groups in total.